The molecule has 2 aromatic carbocycles. The van der Waals surface area contributed by atoms with E-state index in [0.29, 0.717) is 5.69 Å². The fourth-order valence-electron chi connectivity index (χ4n) is 2.75. The highest BCUT2D eigenvalue weighted by molar-refractivity contribution is 5.96. The first-order chi connectivity index (χ1) is 12.6. The molecule has 5 heteroatoms. The van der Waals surface area contributed by atoms with Crippen molar-refractivity contribution in [3.05, 3.63) is 89.8 Å². The Labute approximate surface area is 151 Å². The van der Waals surface area contributed by atoms with Crippen LogP contribution < -0.4 is 5.73 Å². The van der Waals surface area contributed by atoms with Crippen molar-refractivity contribution in [2.45, 2.75) is 0 Å². The lowest BCUT2D eigenvalue weighted by molar-refractivity contribution is 0.0593. The van der Waals surface area contributed by atoms with E-state index in [1.54, 1.807) is 4.57 Å². The number of esters is 1. The van der Waals surface area contributed by atoms with Crippen LogP contribution in [-0.2, 0) is 4.74 Å². The standard InChI is InChI=1S/C21H17N3O2/c1-14(15-6-4-3-5-7-15)16-8-10-18(11-9-16)24-13-17(12-22)19(23)20(24)21(25)26-2/h3-11,13H,1,23H2,2H3. The minimum absolute atomic E-state index is 0.108. The summed E-state index contributed by atoms with van der Waals surface area (Å²) in [4.78, 5) is 12.1. The predicted molar refractivity (Wildman–Crippen MR) is 101 cm³/mol. The van der Waals surface area contributed by atoms with Crippen molar-refractivity contribution in [1.29, 1.82) is 5.26 Å². The van der Waals surface area contributed by atoms with Crippen LogP contribution in [0.3, 0.4) is 0 Å². The molecule has 0 saturated carbocycles. The van der Waals surface area contributed by atoms with Crippen LogP contribution in [0, 0.1) is 11.3 Å². The molecular formula is C21H17N3O2. The van der Waals surface area contributed by atoms with Gasteiger partial charge in [-0.2, -0.15) is 5.26 Å². The number of nitrogen functional groups attached to an aromatic ring is 1. The van der Waals surface area contributed by atoms with Crippen LogP contribution in [0.15, 0.2) is 67.4 Å². The predicted octanol–water partition coefficient (Wildman–Crippen LogP) is 3.78. The molecule has 0 atom stereocenters. The molecule has 0 saturated heterocycles. The molecule has 0 unspecified atom stereocenters. The Hall–Kier alpha value is -3.78. The van der Waals surface area contributed by atoms with E-state index in [4.69, 9.17) is 10.5 Å². The molecule has 1 aromatic heterocycles. The van der Waals surface area contributed by atoms with Crippen molar-refractivity contribution in [1.82, 2.24) is 4.57 Å². The molecular weight excluding hydrogens is 326 g/mol. The summed E-state index contributed by atoms with van der Waals surface area (Å²) in [7, 11) is 1.28. The zero-order valence-corrected chi connectivity index (χ0v) is 14.3. The van der Waals surface area contributed by atoms with Crippen LogP contribution in [0.25, 0.3) is 11.3 Å². The average molecular weight is 343 g/mol. The van der Waals surface area contributed by atoms with Crippen molar-refractivity contribution in [3.8, 4) is 11.8 Å². The van der Waals surface area contributed by atoms with Gasteiger partial charge < -0.3 is 15.0 Å². The maximum Gasteiger partial charge on any atom is 0.357 e. The number of carbonyl (C=O) groups is 1. The smallest absolute Gasteiger partial charge is 0.357 e. The number of ether oxygens (including phenoxy) is 1. The van der Waals surface area contributed by atoms with Crippen molar-refractivity contribution in [2.24, 2.45) is 0 Å². The molecule has 2 N–H and O–H groups in total. The second-order valence-electron chi connectivity index (χ2n) is 5.67. The van der Waals surface area contributed by atoms with Gasteiger partial charge >= 0.3 is 5.97 Å². The minimum atomic E-state index is -0.596. The lowest BCUT2D eigenvalue weighted by Crippen LogP contribution is -2.11. The van der Waals surface area contributed by atoms with Gasteiger partial charge in [0.25, 0.3) is 0 Å². The van der Waals surface area contributed by atoms with E-state index < -0.39 is 5.97 Å². The molecule has 0 aliphatic heterocycles. The number of carbonyl (C=O) groups excluding carboxylic acids is 1. The molecule has 0 aliphatic carbocycles. The highest BCUT2D eigenvalue weighted by Crippen LogP contribution is 2.27. The van der Waals surface area contributed by atoms with Gasteiger partial charge in [-0.25, -0.2) is 4.79 Å². The fraction of sp³-hybridized carbons (Fsp3) is 0.0476. The third kappa shape index (κ3) is 2.96. The van der Waals surface area contributed by atoms with Crippen LogP contribution in [0.5, 0.6) is 0 Å². The zero-order valence-electron chi connectivity index (χ0n) is 14.3. The summed E-state index contributed by atoms with van der Waals surface area (Å²) < 4.78 is 6.36. The summed E-state index contributed by atoms with van der Waals surface area (Å²) in [5.41, 5.74) is 9.98. The van der Waals surface area contributed by atoms with E-state index in [1.165, 1.54) is 13.3 Å². The van der Waals surface area contributed by atoms with E-state index in [-0.39, 0.29) is 16.9 Å². The summed E-state index contributed by atoms with van der Waals surface area (Å²) >= 11 is 0. The number of nitrogens with zero attached hydrogens (tertiary/aromatic N) is 2. The Morgan fingerprint density at radius 3 is 2.31 bits per heavy atom. The van der Waals surface area contributed by atoms with E-state index in [0.717, 1.165) is 16.7 Å². The SMILES string of the molecule is C=C(c1ccccc1)c1ccc(-n2cc(C#N)c(N)c2C(=O)OC)cc1. The number of benzene rings is 2. The highest BCUT2D eigenvalue weighted by Gasteiger charge is 2.21. The molecule has 0 fully saturated rings. The van der Waals surface area contributed by atoms with Crippen LogP contribution >= 0.6 is 0 Å². The zero-order chi connectivity index (χ0) is 18.7. The lowest BCUT2D eigenvalue weighted by Gasteiger charge is -2.11. The molecule has 0 aliphatic rings. The maximum absolute atomic E-state index is 12.1. The summed E-state index contributed by atoms with van der Waals surface area (Å²) in [6.45, 7) is 4.14. The highest BCUT2D eigenvalue weighted by atomic mass is 16.5. The number of methoxy groups -OCH3 is 1. The van der Waals surface area contributed by atoms with Crippen LogP contribution in [0.1, 0.15) is 27.2 Å². The Bertz CT molecular complexity index is 1010. The third-order valence-electron chi connectivity index (χ3n) is 4.16. The van der Waals surface area contributed by atoms with E-state index in [9.17, 15) is 10.1 Å². The summed E-state index contributed by atoms with van der Waals surface area (Å²) in [5.74, 6) is -0.596. The van der Waals surface area contributed by atoms with Crippen LogP contribution in [-0.4, -0.2) is 17.6 Å². The van der Waals surface area contributed by atoms with Crippen molar-refractivity contribution in [3.63, 3.8) is 0 Å². The van der Waals surface area contributed by atoms with Gasteiger partial charge in [0.05, 0.1) is 18.4 Å². The molecule has 3 rings (SSSR count). The lowest BCUT2D eigenvalue weighted by atomic mass is 9.99. The normalized spacial score (nSPS) is 10.2. The second-order valence-corrected chi connectivity index (χ2v) is 5.67. The molecule has 0 spiro atoms. The molecule has 128 valence electrons. The number of nitriles is 1. The summed E-state index contributed by atoms with van der Waals surface area (Å²) in [5, 5.41) is 9.19. The van der Waals surface area contributed by atoms with Crippen LogP contribution in [0.4, 0.5) is 5.69 Å². The van der Waals surface area contributed by atoms with Crippen LogP contribution in [0.2, 0.25) is 0 Å². The van der Waals surface area contributed by atoms with Gasteiger partial charge in [0.15, 0.2) is 5.69 Å². The topological polar surface area (TPSA) is 81.0 Å². The van der Waals surface area contributed by atoms with Crippen molar-refractivity contribution >= 4 is 17.2 Å². The van der Waals surface area contributed by atoms with Gasteiger partial charge in [-0.3, -0.25) is 0 Å². The number of hydrogen-bond donors (Lipinski definition) is 1. The van der Waals surface area contributed by atoms with E-state index in [1.807, 2.05) is 60.7 Å². The first-order valence-corrected chi connectivity index (χ1v) is 7.91. The largest absolute Gasteiger partial charge is 0.464 e. The first-order valence-electron chi connectivity index (χ1n) is 7.91. The number of aromatic nitrogens is 1. The number of anilines is 1. The van der Waals surface area contributed by atoms with Gasteiger partial charge in [0.1, 0.15) is 6.07 Å². The molecule has 0 amide bonds. The quantitative estimate of drug-likeness (QED) is 0.731. The molecule has 0 bridgehead atoms. The van der Waals surface area contributed by atoms with E-state index in [2.05, 4.69) is 6.58 Å². The Morgan fingerprint density at radius 1 is 1.12 bits per heavy atom. The Morgan fingerprint density at radius 2 is 1.73 bits per heavy atom. The first kappa shape index (κ1) is 17.1. The maximum atomic E-state index is 12.1. The van der Waals surface area contributed by atoms with Gasteiger partial charge in [-0.1, -0.05) is 49.0 Å². The minimum Gasteiger partial charge on any atom is -0.464 e. The molecule has 0 radical (unpaired) electrons. The van der Waals surface area contributed by atoms with Crippen molar-refractivity contribution < 1.29 is 9.53 Å². The Balaban J connectivity index is 2.01. The van der Waals surface area contributed by atoms with Gasteiger partial charge in [0, 0.05) is 11.9 Å². The second kappa shape index (κ2) is 6.99. The van der Waals surface area contributed by atoms with Crippen molar-refractivity contribution in [2.75, 3.05) is 12.8 Å². The molecule has 3 aromatic rings. The van der Waals surface area contributed by atoms with Gasteiger partial charge in [0.2, 0.25) is 0 Å². The van der Waals surface area contributed by atoms with Gasteiger partial charge in [-0.05, 0) is 28.8 Å². The average Bonchev–Trinajstić information content (AvgIpc) is 3.04. The number of hydrogen-bond acceptors (Lipinski definition) is 4. The number of nitrogens with two attached hydrogens (primary N) is 1. The summed E-state index contributed by atoms with van der Waals surface area (Å²) in [6, 6.07) is 19.4. The fourth-order valence-corrected chi connectivity index (χ4v) is 2.75. The molecule has 26 heavy (non-hydrogen) atoms. The molecule has 1 heterocycles. The monoisotopic (exact) mass is 343 g/mol. The summed E-state index contributed by atoms with van der Waals surface area (Å²) in [6.07, 6.45) is 1.53. The van der Waals surface area contributed by atoms with Gasteiger partial charge in [-0.15, -0.1) is 0 Å². The molecule has 5 nitrogen and oxygen atoms in total. The van der Waals surface area contributed by atoms with E-state index >= 15 is 0 Å². The Kier molecular flexibility index (Phi) is 4.59. The third-order valence-corrected chi connectivity index (χ3v) is 4.16. The number of rotatable bonds is 4.